The first-order valence-electron chi connectivity index (χ1n) is 7.20. The van der Waals surface area contributed by atoms with E-state index in [2.05, 4.69) is 10.4 Å². The van der Waals surface area contributed by atoms with E-state index in [9.17, 15) is 4.39 Å². The van der Waals surface area contributed by atoms with Crippen molar-refractivity contribution in [2.75, 3.05) is 13.2 Å². The maximum absolute atomic E-state index is 12.8. The zero-order chi connectivity index (χ0) is 15.2. The molecule has 0 unspecified atom stereocenters. The Labute approximate surface area is 124 Å². The Bertz CT molecular complexity index is 578. The van der Waals surface area contributed by atoms with Crippen LogP contribution in [0.2, 0.25) is 0 Å². The second kappa shape index (κ2) is 7.33. The van der Waals surface area contributed by atoms with Crippen LogP contribution in [0.4, 0.5) is 4.39 Å². The van der Waals surface area contributed by atoms with Gasteiger partial charge in [0.1, 0.15) is 5.82 Å². The highest BCUT2D eigenvalue weighted by atomic mass is 19.1. The van der Waals surface area contributed by atoms with Gasteiger partial charge in [-0.3, -0.25) is 4.68 Å². The lowest BCUT2D eigenvalue weighted by Gasteiger charge is -2.06. The Hall–Kier alpha value is -1.72. The number of aliphatic hydroxyl groups excluding tert-OH is 1. The summed E-state index contributed by atoms with van der Waals surface area (Å²) in [5, 5.41) is 16.8. The van der Waals surface area contributed by atoms with Gasteiger partial charge in [0.05, 0.1) is 18.8 Å². The van der Waals surface area contributed by atoms with Crippen molar-refractivity contribution < 1.29 is 9.50 Å². The van der Waals surface area contributed by atoms with Crippen LogP contribution in [0.3, 0.4) is 0 Å². The van der Waals surface area contributed by atoms with Crippen molar-refractivity contribution in [3.8, 4) is 0 Å². The molecule has 114 valence electrons. The molecule has 5 heteroatoms. The van der Waals surface area contributed by atoms with Gasteiger partial charge in [0.15, 0.2) is 0 Å². The minimum atomic E-state index is -0.200. The van der Waals surface area contributed by atoms with Crippen molar-refractivity contribution in [1.29, 1.82) is 0 Å². The van der Waals surface area contributed by atoms with Gasteiger partial charge >= 0.3 is 0 Å². The normalized spacial score (nSPS) is 11.0. The number of aryl methyl sites for hydroxylation is 1. The fourth-order valence-electron chi connectivity index (χ4n) is 2.40. The van der Waals surface area contributed by atoms with Crippen molar-refractivity contribution >= 4 is 0 Å². The number of hydrogen-bond acceptors (Lipinski definition) is 3. The summed E-state index contributed by atoms with van der Waals surface area (Å²) >= 11 is 0. The van der Waals surface area contributed by atoms with Crippen LogP contribution in [-0.2, 0) is 19.5 Å². The highest BCUT2D eigenvalue weighted by Crippen LogP contribution is 2.12. The molecule has 0 radical (unpaired) electrons. The van der Waals surface area contributed by atoms with E-state index in [1.165, 1.54) is 17.7 Å². The average molecular weight is 291 g/mol. The number of hydrogen-bond donors (Lipinski definition) is 2. The molecule has 0 aliphatic carbocycles. The molecule has 4 nitrogen and oxygen atoms in total. The van der Waals surface area contributed by atoms with E-state index in [0.29, 0.717) is 6.54 Å². The Morgan fingerprint density at radius 1 is 1.24 bits per heavy atom. The molecule has 1 heterocycles. The minimum absolute atomic E-state index is 0.0966. The summed E-state index contributed by atoms with van der Waals surface area (Å²) in [4.78, 5) is 0. The number of aliphatic hydroxyl groups is 1. The molecule has 2 aromatic rings. The quantitative estimate of drug-likeness (QED) is 0.767. The lowest BCUT2D eigenvalue weighted by atomic mass is 10.1. The Morgan fingerprint density at radius 3 is 2.62 bits per heavy atom. The molecule has 0 amide bonds. The van der Waals surface area contributed by atoms with Crippen LogP contribution in [0, 0.1) is 19.7 Å². The summed E-state index contributed by atoms with van der Waals surface area (Å²) in [6.45, 7) is 6.21. The van der Waals surface area contributed by atoms with Crippen molar-refractivity contribution in [3.05, 3.63) is 52.6 Å². The molecule has 2 N–H and O–H groups in total. The lowest BCUT2D eigenvalue weighted by molar-refractivity contribution is 0.267. The second-order valence-electron chi connectivity index (χ2n) is 5.15. The first-order valence-corrected chi connectivity index (χ1v) is 7.20. The summed E-state index contributed by atoms with van der Waals surface area (Å²) in [6, 6.07) is 6.60. The SMILES string of the molecule is Cc1nn(CCO)c(C)c1CNCCc1ccc(F)cc1. The Balaban J connectivity index is 1.84. The topological polar surface area (TPSA) is 50.1 Å². The van der Waals surface area contributed by atoms with E-state index in [0.717, 1.165) is 36.5 Å². The molecule has 0 saturated heterocycles. The van der Waals surface area contributed by atoms with Crippen LogP contribution in [0.25, 0.3) is 0 Å². The van der Waals surface area contributed by atoms with Crippen LogP contribution in [0.5, 0.6) is 0 Å². The molecular formula is C16H22FN3O. The Morgan fingerprint density at radius 2 is 1.95 bits per heavy atom. The third-order valence-electron chi connectivity index (χ3n) is 3.65. The number of benzene rings is 1. The number of nitrogens with one attached hydrogen (secondary N) is 1. The summed E-state index contributed by atoms with van der Waals surface area (Å²) < 4.78 is 14.6. The maximum Gasteiger partial charge on any atom is 0.123 e. The number of halogens is 1. The van der Waals surface area contributed by atoms with E-state index in [1.54, 1.807) is 0 Å². The molecule has 21 heavy (non-hydrogen) atoms. The third kappa shape index (κ3) is 4.12. The van der Waals surface area contributed by atoms with E-state index in [1.807, 2.05) is 30.7 Å². The number of rotatable bonds is 7. The summed E-state index contributed by atoms with van der Waals surface area (Å²) in [5.74, 6) is -0.200. The molecule has 0 atom stereocenters. The molecule has 0 saturated carbocycles. The Kier molecular flexibility index (Phi) is 5.47. The fraction of sp³-hybridized carbons (Fsp3) is 0.438. The van der Waals surface area contributed by atoms with Crippen molar-refractivity contribution in [2.24, 2.45) is 0 Å². The van der Waals surface area contributed by atoms with Gasteiger partial charge in [0, 0.05) is 17.8 Å². The summed E-state index contributed by atoms with van der Waals surface area (Å²) in [5.41, 5.74) is 4.39. The van der Waals surface area contributed by atoms with Gasteiger partial charge in [-0.15, -0.1) is 0 Å². The van der Waals surface area contributed by atoms with E-state index in [-0.39, 0.29) is 12.4 Å². The molecule has 0 bridgehead atoms. The van der Waals surface area contributed by atoms with Crippen molar-refractivity contribution in [1.82, 2.24) is 15.1 Å². The van der Waals surface area contributed by atoms with E-state index >= 15 is 0 Å². The van der Waals surface area contributed by atoms with Gasteiger partial charge in [-0.2, -0.15) is 5.10 Å². The van der Waals surface area contributed by atoms with Gasteiger partial charge in [-0.05, 0) is 44.5 Å². The molecule has 0 aliphatic heterocycles. The molecular weight excluding hydrogens is 269 g/mol. The zero-order valence-corrected chi connectivity index (χ0v) is 12.6. The average Bonchev–Trinajstić information content (AvgIpc) is 2.73. The smallest absolute Gasteiger partial charge is 0.123 e. The molecule has 2 rings (SSSR count). The van der Waals surface area contributed by atoms with Crippen molar-refractivity contribution in [3.63, 3.8) is 0 Å². The highest BCUT2D eigenvalue weighted by Gasteiger charge is 2.10. The van der Waals surface area contributed by atoms with Crippen LogP contribution in [-0.4, -0.2) is 28.0 Å². The number of aromatic nitrogens is 2. The first-order chi connectivity index (χ1) is 10.1. The first kappa shape index (κ1) is 15.7. The third-order valence-corrected chi connectivity index (χ3v) is 3.65. The zero-order valence-electron chi connectivity index (χ0n) is 12.6. The van der Waals surface area contributed by atoms with Gasteiger partial charge in [0.25, 0.3) is 0 Å². The van der Waals surface area contributed by atoms with Crippen LogP contribution >= 0.6 is 0 Å². The minimum Gasteiger partial charge on any atom is -0.394 e. The van der Waals surface area contributed by atoms with Gasteiger partial charge in [-0.25, -0.2) is 4.39 Å². The molecule has 0 spiro atoms. The largest absolute Gasteiger partial charge is 0.394 e. The fourth-order valence-corrected chi connectivity index (χ4v) is 2.40. The standard InChI is InChI=1S/C16H22FN3O/c1-12-16(13(2)20(19-12)9-10-21)11-18-8-7-14-3-5-15(17)6-4-14/h3-6,18,21H,7-11H2,1-2H3. The van der Waals surface area contributed by atoms with Gasteiger partial charge in [0.2, 0.25) is 0 Å². The van der Waals surface area contributed by atoms with Gasteiger partial charge < -0.3 is 10.4 Å². The predicted octanol–water partition coefficient (Wildman–Crippen LogP) is 1.96. The molecule has 0 aliphatic rings. The summed E-state index contributed by atoms with van der Waals surface area (Å²) in [6.07, 6.45) is 0.864. The summed E-state index contributed by atoms with van der Waals surface area (Å²) in [7, 11) is 0. The highest BCUT2D eigenvalue weighted by molar-refractivity contribution is 5.24. The van der Waals surface area contributed by atoms with Crippen molar-refractivity contribution in [2.45, 2.75) is 33.4 Å². The van der Waals surface area contributed by atoms with Crippen LogP contribution < -0.4 is 5.32 Å². The second-order valence-corrected chi connectivity index (χ2v) is 5.15. The van der Waals surface area contributed by atoms with Crippen LogP contribution in [0.1, 0.15) is 22.5 Å². The van der Waals surface area contributed by atoms with E-state index in [4.69, 9.17) is 5.11 Å². The maximum atomic E-state index is 12.8. The number of nitrogens with zero attached hydrogens (tertiary/aromatic N) is 2. The predicted molar refractivity (Wildman–Crippen MR) is 80.6 cm³/mol. The van der Waals surface area contributed by atoms with Crippen LogP contribution in [0.15, 0.2) is 24.3 Å². The monoisotopic (exact) mass is 291 g/mol. The van der Waals surface area contributed by atoms with Gasteiger partial charge in [-0.1, -0.05) is 12.1 Å². The molecule has 0 fully saturated rings. The molecule has 1 aromatic carbocycles. The lowest BCUT2D eigenvalue weighted by Crippen LogP contribution is -2.17. The molecule has 1 aromatic heterocycles. The van der Waals surface area contributed by atoms with E-state index < -0.39 is 0 Å².